The molecular weight excluding hydrogens is 216 g/mol. The fourth-order valence-electron chi connectivity index (χ4n) is 1.68. The highest BCUT2D eigenvalue weighted by Crippen LogP contribution is 2.33. The molecule has 0 fully saturated rings. The van der Waals surface area contributed by atoms with Gasteiger partial charge in [0.2, 0.25) is 0 Å². The Labute approximate surface area is 99.7 Å². The van der Waals surface area contributed by atoms with Crippen LogP contribution in [0.15, 0.2) is 47.4 Å². The van der Waals surface area contributed by atoms with Gasteiger partial charge in [0.1, 0.15) is 0 Å². The van der Waals surface area contributed by atoms with Gasteiger partial charge in [-0.3, -0.25) is 0 Å². The zero-order chi connectivity index (χ0) is 11.5. The Hall–Kier alpha value is -1.61. The lowest BCUT2D eigenvalue weighted by molar-refractivity contribution is 1.46. The van der Waals surface area contributed by atoms with Gasteiger partial charge in [-0.15, -0.1) is 11.8 Å². The van der Waals surface area contributed by atoms with Crippen molar-refractivity contribution >= 4 is 23.1 Å². The maximum atomic E-state index is 6.11. The highest BCUT2D eigenvalue weighted by Gasteiger charge is 2.06. The van der Waals surface area contributed by atoms with Gasteiger partial charge in [-0.2, -0.15) is 0 Å². The molecule has 0 bridgehead atoms. The average molecular weight is 230 g/mol. The minimum atomic E-state index is 0.756. The van der Waals surface area contributed by atoms with Gasteiger partial charge < -0.3 is 11.5 Å². The smallest absolute Gasteiger partial charge is 0.0531 e. The van der Waals surface area contributed by atoms with Crippen LogP contribution in [0.3, 0.4) is 0 Å². The molecule has 2 nitrogen and oxygen atoms in total. The first-order valence-electron chi connectivity index (χ1n) is 5.01. The lowest BCUT2D eigenvalue weighted by Crippen LogP contribution is -1.93. The lowest BCUT2D eigenvalue weighted by Gasteiger charge is -2.09. The maximum absolute atomic E-state index is 6.11. The molecule has 3 heteroatoms. The van der Waals surface area contributed by atoms with E-state index in [4.69, 9.17) is 11.5 Å². The number of benzene rings is 2. The zero-order valence-electron chi connectivity index (χ0n) is 9.10. The van der Waals surface area contributed by atoms with Crippen LogP contribution < -0.4 is 11.5 Å². The molecule has 0 saturated carbocycles. The third-order valence-electron chi connectivity index (χ3n) is 2.48. The summed E-state index contributed by atoms with van der Waals surface area (Å²) in [6.07, 6.45) is 2.02. The molecule has 4 N–H and O–H groups in total. The van der Waals surface area contributed by atoms with E-state index >= 15 is 0 Å². The number of hydrogen-bond donors (Lipinski definition) is 2. The lowest BCUT2D eigenvalue weighted by atomic mass is 10.0. The summed E-state index contributed by atoms with van der Waals surface area (Å²) < 4.78 is 0. The Balaban J connectivity index is 2.56. The summed E-state index contributed by atoms with van der Waals surface area (Å²) in [7, 11) is 0. The number of thioether (sulfide) groups is 1. The quantitative estimate of drug-likeness (QED) is 0.615. The monoisotopic (exact) mass is 230 g/mol. The number of nitrogen functional groups attached to an aromatic ring is 2. The number of hydrogen-bond acceptors (Lipinski definition) is 3. The van der Waals surface area contributed by atoms with Gasteiger partial charge in [0, 0.05) is 16.1 Å². The van der Waals surface area contributed by atoms with E-state index in [-0.39, 0.29) is 0 Å². The summed E-state index contributed by atoms with van der Waals surface area (Å²) in [5.74, 6) is 0. The molecule has 0 heterocycles. The topological polar surface area (TPSA) is 52.0 Å². The van der Waals surface area contributed by atoms with Crippen molar-refractivity contribution in [2.75, 3.05) is 17.7 Å². The molecule has 0 aliphatic rings. The van der Waals surface area contributed by atoms with Gasteiger partial charge in [-0.25, -0.2) is 0 Å². The van der Waals surface area contributed by atoms with Crippen LogP contribution in [-0.4, -0.2) is 6.26 Å². The van der Waals surface area contributed by atoms with Crippen LogP contribution >= 0.6 is 11.8 Å². The number of nitrogens with two attached hydrogens (primary N) is 2. The summed E-state index contributed by atoms with van der Waals surface area (Å²) in [4.78, 5) is 1.10. The van der Waals surface area contributed by atoms with Crippen molar-refractivity contribution in [3.63, 3.8) is 0 Å². The summed E-state index contributed by atoms with van der Waals surface area (Å²) in [6, 6.07) is 13.8. The van der Waals surface area contributed by atoms with Gasteiger partial charge in [-0.05, 0) is 30.0 Å². The third-order valence-corrected chi connectivity index (χ3v) is 3.28. The second-order valence-corrected chi connectivity index (χ2v) is 4.40. The first-order valence-corrected chi connectivity index (χ1v) is 6.23. The van der Waals surface area contributed by atoms with Crippen molar-refractivity contribution in [2.45, 2.75) is 4.90 Å². The van der Waals surface area contributed by atoms with Crippen molar-refractivity contribution in [3.8, 4) is 11.1 Å². The minimum absolute atomic E-state index is 0.756. The summed E-state index contributed by atoms with van der Waals surface area (Å²) in [5, 5.41) is 0. The Morgan fingerprint density at radius 2 is 1.75 bits per heavy atom. The largest absolute Gasteiger partial charge is 0.399 e. The molecule has 0 aromatic heterocycles. The number of anilines is 2. The SMILES string of the molecule is CSc1cccc(-c2cccc(N)c2)c1N. The van der Waals surface area contributed by atoms with Crippen LogP contribution in [0.2, 0.25) is 0 Å². The zero-order valence-corrected chi connectivity index (χ0v) is 9.92. The predicted molar refractivity (Wildman–Crippen MR) is 72.5 cm³/mol. The van der Waals surface area contributed by atoms with Gasteiger partial charge in [0.05, 0.1) is 5.69 Å². The molecular formula is C13H14N2S. The molecule has 0 radical (unpaired) electrons. The van der Waals surface area contributed by atoms with E-state index in [0.29, 0.717) is 0 Å². The Bertz CT molecular complexity index is 509. The van der Waals surface area contributed by atoms with Crippen LogP contribution in [-0.2, 0) is 0 Å². The Morgan fingerprint density at radius 3 is 2.44 bits per heavy atom. The van der Waals surface area contributed by atoms with Crippen molar-refractivity contribution in [1.82, 2.24) is 0 Å². The fourth-order valence-corrected chi connectivity index (χ4v) is 2.22. The van der Waals surface area contributed by atoms with E-state index in [1.807, 2.05) is 48.7 Å². The van der Waals surface area contributed by atoms with Crippen molar-refractivity contribution in [1.29, 1.82) is 0 Å². The van der Waals surface area contributed by atoms with Crippen molar-refractivity contribution < 1.29 is 0 Å². The normalized spacial score (nSPS) is 10.3. The van der Waals surface area contributed by atoms with E-state index in [9.17, 15) is 0 Å². The summed E-state index contributed by atoms with van der Waals surface area (Å²) in [5.41, 5.74) is 15.6. The molecule has 2 aromatic carbocycles. The van der Waals surface area contributed by atoms with Crippen LogP contribution in [0.1, 0.15) is 0 Å². The molecule has 0 atom stereocenters. The van der Waals surface area contributed by atoms with Gasteiger partial charge in [-0.1, -0.05) is 24.3 Å². The molecule has 82 valence electrons. The van der Waals surface area contributed by atoms with Gasteiger partial charge in [0.15, 0.2) is 0 Å². The third kappa shape index (κ3) is 1.99. The number of rotatable bonds is 2. The molecule has 0 saturated heterocycles. The molecule has 2 rings (SSSR count). The van der Waals surface area contributed by atoms with Crippen LogP contribution in [0.4, 0.5) is 11.4 Å². The summed E-state index contributed by atoms with van der Waals surface area (Å²) in [6.45, 7) is 0. The Morgan fingerprint density at radius 1 is 1.00 bits per heavy atom. The molecule has 0 amide bonds. The molecule has 2 aromatic rings. The molecule has 0 unspecified atom stereocenters. The fraction of sp³-hybridized carbons (Fsp3) is 0.0769. The van der Waals surface area contributed by atoms with Crippen LogP contribution in [0.25, 0.3) is 11.1 Å². The number of para-hydroxylation sites is 1. The first kappa shape index (κ1) is 10.9. The van der Waals surface area contributed by atoms with Crippen molar-refractivity contribution in [2.24, 2.45) is 0 Å². The second-order valence-electron chi connectivity index (χ2n) is 3.55. The van der Waals surface area contributed by atoms with E-state index in [2.05, 4.69) is 0 Å². The van der Waals surface area contributed by atoms with E-state index in [0.717, 1.165) is 27.4 Å². The highest BCUT2D eigenvalue weighted by atomic mass is 32.2. The predicted octanol–water partition coefficient (Wildman–Crippen LogP) is 3.24. The highest BCUT2D eigenvalue weighted by molar-refractivity contribution is 7.98. The van der Waals surface area contributed by atoms with Gasteiger partial charge >= 0.3 is 0 Å². The average Bonchev–Trinajstić information content (AvgIpc) is 2.29. The molecule has 0 aliphatic heterocycles. The van der Waals surface area contributed by atoms with E-state index < -0.39 is 0 Å². The maximum Gasteiger partial charge on any atom is 0.0531 e. The minimum Gasteiger partial charge on any atom is -0.399 e. The Kier molecular flexibility index (Phi) is 3.06. The van der Waals surface area contributed by atoms with Crippen LogP contribution in [0.5, 0.6) is 0 Å². The molecule has 0 aliphatic carbocycles. The van der Waals surface area contributed by atoms with Gasteiger partial charge in [0.25, 0.3) is 0 Å². The second kappa shape index (κ2) is 4.49. The summed E-state index contributed by atoms with van der Waals surface area (Å²) >= 11 is 1.65. The van der Waals surface area contributed by atoms with E-state index in [1.54, 1.807) is 11.8 Å². The first-order chi connectivity index (χ1) is 7.72. The van der Waals surface area contributed by atoms with Crippen molar-refractivity contribution in [3.05, 3.63) is 42.5 Å². The standard InChI is InChI=1S/C13H14N2S/c1-16-12-7-3-6-11(13(12)15)9-4-2-5-10(14)8-9/h2-8H,14-15H2,1H3. The molecule has 16 heavy (non-hydrogen) atoms. The van der Waals surface area contributed by atoms with Crippen LogP contribution in [0, 0.1) is 0 Å². The van der Waals surface area contributed by atoms with E-state index in [1.165, 1.54) is 0 Å². The molecule has 0 spiro atoms.